The topological polar surface area (TPSA) is 9.23 Å². The molecule has 0 heterocycles. The molecule has 148 valence electrons. The van der Waals surface area contributed by atoms with E-state index in [9.17, 15) is 0 Å². The molecule has 0 fully saturated rings. The van der Waals surface area contributed by atoms with Gasteiger partial charge in [-0.2, -0.15) is 0 Å². The summed E-state index contributed by atoms with van der Waals surface area (Å²) in [7, 11) is 0. The first-order chi connectivity index (χ1) is 13.9. The number of rotatable bonds is 4. The lowest BCUT2D eigenvalue weighted by Gasteiger charge is -2.27. The van der Waals surface area contributed by atoms with Crippen LogP contribution in [0.15, 0.2) is 60.7 Å². The zero-order chi connectivity index (χ0) is 20.7. The average Bonchev–Trinajstić information content (AvgIpc) is 2.72. The van der Waals surface area contributed by atoms with Crippen LogP contribution in [0.25, 0.3) is 21.5 Å². The number of hydrogen-bond donors (Lipinski definition) is 0. The maximum atomic E-state index is 6.59. The third kappa shape index (κ3) is 3.45. The van der Waals surface area contributed by atoms with E-state index in [1.165, 1.54) is 54.9 Å². The number of fused-ring (bicyclic) bond motifs is 2. The molecule has 0 aliphatic heterocycles. The number of hydrogen-bond acceptors (Lipinski definition) is 1. The first kappa shape index (κ1) is 19.7. The predicted octanol–water partition coefficient (Wildman–Crippen LogP) is 7.74. The molecule has 0 aliphatic carbocycles. The lowest BCUT2D eigenvalue weighted by atomic mass is 9.86. The van der Waals surface area contributed by atoms with E-state index in [2.05, 4.69) is 102 Å². The number of aryl methyl sites for hydroxylation is 4. The van der Waals surface area contributed by atoms with E-state index in [4.69, 9.17) is 4.74 Å². The molecule has 0 atom stereocenters. The SMILES string of the molecule is Cc1cc(C(OC(C)C)c2cc(C)c3ccccc3c2C)c(C)c2ccccc12. The minimum absolute atomic E-state index is 0.0818. The van der Waals surface area contributed by atoms with E-state index >= 15 is 0 Å². The third-order valence-electron chi connectivity index (χ3n) is 6.10. The minimum Gasteiger partial charge on any atom is -0.366 e. The standard InChI is InChI=1S/C28H30O/c1-17(2)29-28(26-15-18(3)22-11-7-9-13-24(22)20(26)5)27-16-19(4)23-12-8-10-14-25(23)21(27)6/h7-17,28H,1-6H3. The smallest absolute Gasteiger partial charge is 0.108 e. The molecule has 0 amide bonds. The van der Waals surface area contributed by atoms with Crippen LogP contribution in [0.5, 0.6) is 0 Å². The lowest BCUT2D eigenvalue weighted by molar-refractivity contribution is 0.0298. The molecule has 0 radical (unpaired) electrons. The van der Waals surface area contributed by atoms with Gasteiger partial charge in [0, 0.05) is 0 Å². The normalized spacial score (nSPS) is 11.9. The number of benzene rings is 4. The molecule has 4 rings (SSSR count). The van der Waals surface area contributed by atoms with Crippen molar-refractivity contribution in [2.75, 3.05) is 0 Å². The van der Waals surface area contributed by atoms with Crippen molar-refractivity contribution in [2.24, 2.45) is 0 Å². The van der Waals surface area contributed by atoms with Crippen molar-refractivity contribution < 1.29 is 4.74 Å². The van der Waals surface area contributed by atoms with Gasteiger partial charge >= 0.3 is 0 Å². The van der Waals surface area contributed by atoms with Crippen molar-refractivity contribution in [3.8, 4) is 0 Å². The molecule has 0 saturated heterocycles. The van der Waals surface area contributed by atoms with Gasteiger partial charge in [0.1, 0.15) is 6.10 Å². The van der Waals surface area contributed by atoms with E-state index in [1.807, 2.05) is 0 Å². The molecule has 4 aromatic carbocycles. The highest BCUT2D eigenvalue weighted by molar-refractivity contribution is 5.91. The summed E-state index contributed by atoms with van der Waals surface area (Å²) in [6.07, 6.45) is 0.0546. The Balaban J connectivity index is 2.00. The summed E-state index contributed by atoms with van der Waals surface area (Å²) < 4.78 is 6.59. The molecule has 0 spiro atoms. The van der Waals surface area contributed by atoms with Crippen LogP contribution in [0.2, 0.25) is 0 Å². The summed E-state index contributed by atoms with van der Waals surface area (Å²) in [5, 5.41) is 5.27. The molecule has 1 nitrogen and oxygen atoms in total. The van der Waals surface area contributed by atoms with E-state index in [-0.39, 0.29) is 12.2 Å². The van der Waals surface area contributed by atoms with E-state index < -0.39 is 0 Å². The monoisotopic (exact) mass is 382 g/mol. The van der Waals surface area contributed by atoms with Crippen molar-refractivity contribution in [3.63, 3.8) is 0 Å². The van der Waals surface area contributed by atoms with Crippen LogP contribution in [0, 0.1) is 27.7 Å². The minimum atomic E-state index is -0.0818. The molecule has 4 aromatic rings. The Hall–Kier alpha value is -2.64. The zero-order valence-corrected chi connectivity index (χ0v) is 18.3. The van der Waals surface area contributed by atoms with Gasteiger partial charge in [-0.3, -0.25) is 0 Å². The Morgan fingerprint density at radius 1 is 0.586 bits per heavy atom. The van der Waals surface area contributed by atoms with Crippen molar-refractivity contribution >= 4 is 21.5 Å². The van der Waals surface area contributed by atoms with Crippen molar-refractivity contribution in [1.29, 1.82) is 0 Å². The maximum absolute atomic E-state index is 6.59. The average molecular weight is 383 g/mol. The molecule has 29 heavy (non-hydrogen) atoms. The Labute approximate surface area is 174 Å². The van der Waals surface area contributed by atoms with Crippen LogP contribution >= 0.6 is 0 Å². The van der Waals surface area contributed by atoms with Crippen LogP contribution in [0.4, 0.5) is 0 Å². The summed E-state index contributed by atoms with van der Waals surface area (Å²) in [5.41, 5.74) is 7.76. The van der Waals surface area contributed by atoms with Gasteiger partial charge in [0.2, 0.25) is 0 Å². The highest BCUT2D eigenvalue weighted by atomic mass is 16.5. The van der Waals surface area contributed by atoms with Crippen LogP contribution < -0.4 is 0 Å². The first-order valence-corrected chi connectivity index (χ1v) is 10.5. The van der Waals surface area contributed by atoms with E-state index in [0.29, 0.717) is 0 Å². The molecule has 0 aliphatic rings. The van der Waals surface area contributed by atoms with Crippen LogP contribution in [-0.2, 0) is 4.74 Å². The second-order valence-corrected chi connectivity index (χ2v) is 8.47. The van der Waals surface area contributed by atoms with Gasteiger partial charge in [0.15, 0.2) is 0 Å². The van der Waals surface area contributed by atoms with Gasteiger partial charge < -0.3 is 4.74 Å². The maximum Gasteiger partial charge on any atom is 0.108 e. The van der Waals surface area contributed by atoms with Gasteiger partial charge in [0.05, 0.1) is 6.10 Å². The molecule has 0 N–H and O–H groups in total. The number of ether oxygens (including phenoxy) is 1. The highest BCUT2D eigenvalue weighted by Crippen LogP contribution is 2.38. The summed E-state index contributed by atoms with van der Waals surface area (Å²) in [4.78, 5) is 0. The third-order valence-corrected chi connectivity index (χ3v) is 6.10. The molecule has 0 bridgehead atoms. The fraction of sp³-hybridized carbons (Fsp3) is 0.286. The second kappa shape index (κ2) is 7.65. The quantitative estimate of drug-likeness (QED) is 0.351. The van der Waals surface area contributed by atoms with Crippen LogP contribution in [0.1, 0.15) is 53.3 Å². The van der Waals surface area contributed by atoms with Crippen molar-refractivity contribution in [2.45, 2.75) is 53.8 Å². The van der Waals surface area contributed by atoms with Crippen LogP contribution in [-0.4, -0.2) is 6.10 Å². The summed E-state index contributed by atoms with van der Waals surface area (Å²) in [5.74, 6) is 0. The Kier molecular flexibility index (Phi) is 5.19. The molecule has 0 aromatic heterocycles. The van der Waals surface area contributed by atoms with E-state index in [1.54, 1.807) is 0 Å². The molecule has 1 heteroatoms. The highest BCUT2D eigenvalue weighted by Gasteiger charge is 2.23. The van der Waals surface area contributed by atoms with Crippen molar-refractivity contribution in [3.05, 3.63) is 94.0 Å². The first-order valence-electron chi connectivity index (χ1n) is 10.5. The summed E-state index contributed by atoms with van der Waals surface area (Å²) in [6, 6.07) is 22.0. The van der Waals surface area contributed by atoms with Gasteiger partial charge in [-0.1, -0.05) is 60.7 Å². The Bertz CT molecular complexity index is 1110. The van der Waals surface area contributed by atoms with E-state index in [0.717, 1.165) is 0 Å². The summed E-state index contributed by atoms with van der Waals surface area (Å²) >= 11 is 0. The molecule has 0 unspecified atom stereocenters. The predicted molar refractivity (Wildman–Crippen MR) is 125 cm³/mol. The fourth-order valence-corrected chi connectivity index (χ4v) is 4.59. The molecular weight excluding hydrogens is 352 g/mol. The second-order valence-electron chi connectivity index (χ2n) is 8.47. The lowest BCUT2D eigenvalue weighted by Crippen LogP contribution is -2.15. The zero-order valence-electron chi connectivity index (χ0n) is 18.3. The largest absolute Gasteiger partial charge is 0.366 e. The Morgan fingerprint density at radius 2 is 0.966 bits per heavy atom. The van der Waals surface area contributed by atoms with Crippen LogP contribution in [0.3, 0.4) is 0 Å². The van der Waals surface area contributed by atoms with Gasteiger partial charge in [-0.25, -0.2) is 0 Å². The van der Waals surface area contributed by atoms with Crippen molar-refractivity contribution in [1.82, 2.24) is 0 Å². The fourth-order valence-electron chi connectivity index (χ4n) is 4.59. The Morgan fingerprint density at radius 3 is 1.34 bits per heavy atom. The van der Waals surface area contributed by atoms with Gasteiger partial charge in [-0.05, 0) is 96.5 Å². The molecular formula is C28H30O. The summed E-state index contributed by atoms with van der Waals surface area (Å²) in [6.45, 7) is 13.1. The van der Waals surface area contributed by atoms with Gasteiger partial charge in [-0.15, -0.1) is 0 Å². The molecule has 0 saturated carbocycles. The van der Waals surface area contributed by atoms with Gasteiger partial charge in [0.25, 0.3) is 0 Å².